The summed E-state index contributed by atoms with van der Waals surface area (Å²) in [5.74, 6) is -0.721. The van der Waals surface area contributed by atoms with Crippen molar-refractivity contribution in [2.45, 2.75) is 32.1 Å². The smallest absolute Gasteiger partial charge is 0.203 e. The highest BCUT2D eigenvalue weighted by Gasteiger charge is 2.40. The highest BCUT2D eigenvalue weighted by Crippen LogP contribution is 2.37. The minimum atomic E-state index is -3.81. The van der Waals surface area contributed by atoms with Crippen LogP contribution in [0.5, 0.6) is 0 Å². The highest BCUT2D eigenvalue weighted by molar-refractivity contribution is 9.13. The van der Waals surface area contributed by atoms with Crippen LogP contribution in [0.2, 0.25) is 0 Å². The molecule has 1 aromatic carbocycles. The number of halogens is 2. The van der Waals surface area contributed by atoms with E-state index in [2.05, 4.69) is 31.9 Å². The lowest BCUT2D eigenvalue weighted by Gasteiger charge is -2.25. The molecule has 0 atom stereocenters. The first-order valence-electron chi connectivity index (χ1n) is 6.83. The van der Waals surface area contributed by atoms with E-state index in [1.165, 1.54) is 32.9 Å². The number of sulfone groups is 1. The van der Waals surface area contributed by atoms with Gasteiger partial charge in [-0.15, -0.1) is 0 Å². The topological polar surface area (TPSA) is 68.3 Å². The molecule has 126 valence electrons. The standard InChI is InChI=1S/C16H18Br2O4S/c1-11(19)16(3,12(2)20)9-15(14(18)10-17)23(21,22)13-7-5-4-6-8-13/h4-8H,9-10H2,1-3H3/b15-14-. The molecule has 0 saturated heterocycles. The van der Waals surface area contributed by atoms with Gasteiger partial charge in [0.05, 0.1) is 15.2 Å². The Bertz CT molecular complexity index is 723. The number of carbonyl (C=O) groups is 2. The molecule has 0 heterocycles. The van der Waals surface area contributed by atoms with E-state index >= 15 is 0 Å². The fraction of sp³-hybridized carbons (Fsp3) is 0.375. The minimum absolute atomic E-state index is 0.0356. The zero-order chi connectivity index (χ0) is 17.8. The molecule has 1 rings (SSSR count). The van der Waals surface area contributed by atoms with Crippen LogP contribution in [0, 0.1) is 5.41 Å². The maximum absolute atomic E-state index is 12.9. The van der Waals surface area contributed by atoms with Crippen molar-refractivity contribution < 1.29 is 18.0 Å². The predicted molar refractivity (Wildman–Crippen MR) is 97.5 cm³/mol. The molecule has 1 aromatic rings. The monoisotopic (exact) mass is 464 g/mol. The number of carbonyl (C=O) groups excluding carboxylic acids is 2. The van der Waals surface area contributed by atoms with E-state index < -0.39 is 15.3 Å². The lowest BCUT2D eigenvalue weighted by atomic mass is 9.79. The van der Waals surface area contributed by atoms with Gasteiger partial charge < -0.3 is 0 Å². The van der Waals surface area contributed by atoms with Crippen molar-refractivity contribution in [1.29, 1.82) is 0 Å². The normalized spacial score (nSPS) is 13.4. The third-order valence-electron chi connectivity index (χ3n) is 3.87. The first kappa shape index (κ1) is 20.3. The van der Waals surface area contributed by atoms with E-state index in [0.717, 1.165) is 0 Å². The SMILES string of the molecule is CC(=O)C(C)(C/C(=C(/Br)CBr)S(=O)(=O)c1ccccc1)C(C)=O. The van der Waals surface area contributed by atoms with E-state index in [0.29, 0.717) is 4.48 Å². The van der Waals surface area contributed by atoms with Gasteiger partial charge in [-0.25, -0.2) is 8.42 Å². The van der Waals surface area contributed by atoms with Crippen LogP contribution < -0.4 is 0 Å². The molecule has 0 fully saturated rings. The van der Waals surface area contributed by atoms with Crippen LogP contribution in [0.25, 0.3) is 0 Å². The average Bonchev–Trinajstić information content (AvgIpc) is 2.51. The molecule has 0 aliphatic heterocycles. The molecule has 0 radical (unpaired) electrons. The van der Waals surface area contributed by atoms with Gasteiger partial charge in [0.25, 0.3) is 0 Å². The number of allylic oxidation sites excluding steroid dienone is 2. The van der Waals surface area contributed by atoms with E-state index in [-0.39, 0.29) is 33.1 Å². The summed E-state index contributed by atoms with van der Waals surface area (Å²) in [7, 11) is -3.81. The Morgan fingerprint density at radius 3 is 1.96 bits per heavy atom. The van der Waals surface area contributed by atoms with E-state index in [1.807, 2.05) is 0 Å². The van der Waals surface area contributed by atoms with Crippen LogP contribution in [0.15, 0.2) is 44.6 Å². The fourth-order valence-corrected chi connectivity index (χ4v) is 4.92. The second-order valence-corrected chi connectivity index (χ2v) is 8.89. The Morgan fingerprint density at radius 1 is 1.09 bits per heavy atom. The van der Waals surface area contributed by atoms with Crippen LogP contribution in [0.3, 0.4) is 0 Å². The Morgan fingerprint density at radius 2 is 1.57 bits per heavy atom. The lowest BCUT2D eigenvalue weighted by molar-refractivity contribution is -0.137. The van der Waals surface area contributed by atoms with Gasteiger partial charge in [0.2, 0.25) is 9.84 Å². The van der Waals surface area contributed by atoms with Crippen molar-refractivity contribution >= 4 is 53.3 Å². The molecule has 0 aromatic heterocycles. The fourth-order valence-electron chi connectivity index (χ4n) is 1.97. The van der Waals surface area contributed by atoms with Crippen LogP contribution in [-0.4, -0.2) is 25.3 Å². The number of benzene rings is 1. The number of ketones is 2. The molecule has 23 heavy (non-hydrogen) atoms. The second kappa shape index (κ2) is 7.85. The van der Waals surface area contributed by atoms with Gasteiger partial charge in [-0.05, 0) is 32.9 Å². The number of rotatable bonds is 7. The van der Waals surface area contributed by atoms with Crippen molar-refractivity contribution in [3.8, 4) is 0 Å². The largest absolute Gasteiger partial charge is 0.299 e. The maximum Gasteiger partial charge on any atom is 0.203 e. The zero-order valence-electron chi connectivity index (χ0n) is 13.1. The van der Waals surface area contributed by atoms with E-state index in [4.69, 9.17) is 0 Å². The molecule has 0 aliphatic rings. The molecular weight excluding hydrogens is 448 g/mol. The molecule has 0 bridgehead atoms. The van der Waals surface area contributed by atoms with Gasteiger partial charge in [0, 0.05) is 16.2 Å². The number of hydrogen-bond acceptors (Lipinski definition) is 4. The average molecular weight is 466 g/mol. The van der Waals surface area contributed by atoms with Gasteiger partial charge in [-0.3, -0.25) is 9.59 Å². The summed E-state index contributed by atoms with van der Waals surface area (Å²) < 4.78 is 26.2. The third kappa shape index (κ3) is 4.39. The second-order valence-electron chi connectivity index (χ2n) is 5.40. The quantitative estimate of drug-likeness (QED) is 0.450. The summed E-state index contributed by atoms with van der Waals surface area (Å²) in [4.78, 5) is 24.1. The Hall–Kier alpha value is -0.790. The van der Waals surface area contributed by atoms with Gasteiger partial charge in [0.15, 0.2) is 0 Å². The van der Waals surface area contributed by atoms with E-state index in [9.17, 15) is 18.0 Å². The van der Waals surface area contributed by atoms with Crippen molar-refractivity contribution in [1.82, 2.24) is 0 Å². The van der Waals surface area contributed by atoms with E-state index in [1.54, 1.807) is 18.2 Å². The first-order chi connectivity index (χ1) is 10.6. The Balaban J connectivity index is 3.51. The van der Waals surface area contributed by atoms with Crippen LogP contribution in [0.4, 0.5) is 0 Å². The Kier molecular flexibility index (Phi) is 6.92. The number of alkyl halides is 1. The molecule has 0 spiro atoms. The van der Waals surface area contributed by atoms with Crippen LogP contribution in [0.1, 0.15) is 27.2 Å². The molecule has 0 unspecified atom stereocenters. The van der Waals surface area contributed by atoms with Crippen molar-refractivity contribution in [3.05, 3.63) is 39.7 Å². The lowest BCUT2D eigenvalue weighted by Crippen LogP contribution is -2.35. The third-order valence-corrected chi connectivity index (χ3v) is 8.13. The molecule has 0 aliphatic carbocycles. The first-order valence-corrected chi connectivity index (χ1v) is 10.2. The number of hydrogen-bond donors (Lipinski definition) is 0. The predicted octanol–water partition coefficient (Wildman–Crippen LogP) is 4.04. The maximum atomic E-state index is 12.9. The molecule has 7 heteroatoms. The van der Waals surface area contributed by atoms with Crippen LogP contribution >= 0.6 is 31.9 Å². The molecule has 0 amide bonds. The van der Waals surface area contributed by atoms with Crippen molar-refractivity contribution in [2.24, 2.45) is 5.41 Å². The van der Waals surface area contributed by atoms with Crippen molar-refractivity contribution in [2.75, 3.05) is 5.33 Å². The van der Waals surface area contributed by atoms with Gasteiger partial charge in [-0.1, -0.05) is 50.1 Å². The minimum Gasteiger partial charge on any atom is -0.299 e. The van der Waals surface area contributed by atoms with Gasteiger partial charge >= 0.3 is 0 Å². The summed E-state index contributed by atoms with van der Waals surface area (Å²) in [5, 5.41) is 0.264. The summed E-state index contributed by atoms with van der Waals surface area (Å²) in [6.07, 6.45) is -0.179. The van der Waals surface area contributed by atoms with Gasteiger partial charge in [0.1, 0.15) is 11.6 Å². The molecule has 0 N–H and O–H groups in total. The van der Waals surface area contributed by atoms with Crippen molar-refractivity contribution in [3.63, 3.8) is 0 Å². The summed E-state index contributed by atoms with van der Waals surface area (Å²) in [6, 6.07) is 7.95. The number of Topliss-reactive ketones (excluding diaryl/α,β-unsaturated/α-hetero) is 2. The molecule has 0 saturated carbocycles. The zero-order valence-corrected chi connectivity index (χ0v) is 17.1. The van der Waals surface area contributed by atoms with Crippen LogP contribution in [-0.2, 0) is 19.4 Å². The van der Waals surface area contributed by atoms with Gasteiger partial charge in [-0.2, -0.15) is 0 Å². The summed E-state index contributed by atoms with van der Waals surface area (Å²) in [6.45, 7) is 4.08. The molecular formula is C16H18Br2O4S. The highest BCUT2D eigenvalue weighted by atomic mass is 79.9. The summed E-state index contributed by atoms with van der Waals surface area (Å²) in [5.41, 5.74) is -1.38. The Labute approximate surface area is 153 Å². The summed E-state index contributed by atoms with van der Waals surface area (Å²) >= 11 is 6.48. The molecule has 4 nitrogen and oxygen atoms in total.